The minimum absolute atomic E-state index is 0.193. The van der Waals surface area contributed by atoms with E-state index in [2.05, 4.69) is 33.9 Å². The van der Waals surface area contributed by atoms with Crippen LogP contribution in [-0.2, 0) is 9.16 Å². The van der Waals surface area contributed by atoms with Gasteiger partial charge in [0.25, 0.3) is 0 Å². The van der Waals surface area contributed by atoms with Crippen LogP contribution in [0.25, 0.3) is 0 Å². The van der Waals surface area contributed by atoms with Gasteiger partial charge in [0.2, 0.25) is 0 Å². The maximum atomic E-state index is 10.3. The van der Waals surface area contributed by atoms with Gasteiger partial charge in [-0.2, -0.15) is 0 Å². The van der Waals surface area contributed by atoms with Crippen LogP contribution >= 0.6 is 0 Å². The SMILES string of the molecule is CC(C)(C)[Si](C)(C)OC[C@@H]1C(O)C[C@H]2CCOC[C@H]21. The number of ether oxygens (including phenoxy) is 1. The molecule has 0 aromatic rings. The minimum atomic E-state index is -1.71. The molecule has 1 saturated carbocycles. The molecule has 0 radical (unpaired) electrons. The second-order valence-electron chi connectivity index (χ2n) is 7.83. The molecule has 2 fully saturated rings. The molecular weight excluding hydrogens is 256 g/mol. The quantitative estimate of drug-likeness (QED) is 0.811. The highest BCUT2D eigenvalue weighted by molar-refractivity contribution is 6.74. The van der Waals surface area contributed by atoms with Crippen molar-refractivity contribution in [1.82, 2.24) is 0 Å². The molecule has 1 heterocycles. The van der Waals surface area contributed by atoms with Gasteiger partial charge in [0, 0.05) is 19.1 Å². The number of hydrogen-bond donors (Lipinski definition) is 1. The molecule has 2 rings (SSSR count). The zero-order chi connectivity index (χ0) is 14.3. The predicted molar refractivity (Wildman–Crippen MR) is 79.7 cm³/mol. The van der Waals surface area contributed by atoms with Crippen molar-refractivity contribution in [2.24, 2.45) is 17.8 Å². The molecule has 112 valence electrons. The van der Waals surface area contributed by atoms with Crippen LogP contribution in [0.15, 0.2) is 0 Å². The summed E-state index contributed by atoms with van der Waals surface area (Å²) >= 11 is 0. The van der Waals surface area contributed by atoms with Crippen molar-refractivity contribution in [3.8, 4) is 0 Å². The fraction of sp³-hybridized carbons (Fsp3) is 1.00. The van der Waals surface area contributed by atoms with Gasteiger partial charge < -0.3 is 14.3 Å². The molecule has 1 aliphatic heterocycles. The number of fused-ring (bicyclic) bond motifs is 1. The fourth-order valence-corrected chi connectivity index (χ4v) is 4.14. The van der Waals surface area contributed by atoms with E-state index in [0.717, 1.165) is 26.1 Å². The van der Waals surface area contributed by atoms with E-state index in [4.69, 9.17) is 9.16 Å². The highest BCUT2D eigenvalue weighted by Gasteiger charge is 2.45. The molecule has 0 aromatic heterocycles. The Kier molecular flexibility index (Phi) is 4.46. The van der Waals surface area contributed by atoms with E-state index in [1.54, 1.807) is 0 Å². The van der Waals surface area contributed by atoms with Crippen molar-refractivity contribution >= 4 is 8.32 Å². The van der Waals surface area contributed by atoms with Crippen molar-refractivity contribution in [2.45, 2.75) is 57.8 Å². The van der Waals surface area contributed by atoms with Gasteiger partial charge in [-0.3, -0.25) is 0 Å². The topological polar surface area (TPSA) is 38.7 Å². The van der Waals surface area contributed by atoms with E-state index in [0.29, 0.717) is 18.4 Å². The van der Waals surface area contributed by atoms with Crippen molar-refractivity contribution in [3.63, 3.8) is 0 Å². The number of rotatable bonds is 3. The molecule has 4 heteroatoms. The molecule has 0 aromatic carbocycles. The Morgan fingerprint density at radius 1 is 1.32 bits per heavy atom. The van der Waals surface area contributed by atoms with Crippen molar-refractivity contribution in [3.05, 3.63) is 0 Å². The van der Waals surface area contributed by atoms with E-state index >= 15 is 0 Å². The normalized spacial score (nSPS) is 36.3. The van der Waals surface area contributed by atoms with Gasteiger partial charge in [-0.05, 0) is 42.8 Å². The highest BCUT2D eigenvalue weighted by Crippen LogP contribution is 2.43. The average molecular weight is 286 g/mol. The number of aliphatic hydroxyl groups excluding tert-OH is 1. The second kappa shape index (κ2) is 5.47. The molecule has 2 aliphatic rings. The van der Waals surface area contributed by atoms with Crippen LogP contribution in [0, 0.1) is 17.8 Å². The summed E-state index contributed by atoms with van der Waals surface area (Å²) in [6, 6.07) is 0. The first-order valence-corrected chi connectivity index (χ1v) is 10.5. The van der Waals surface area contributed by atoms with Crippen LogP contribution in [0.4, 0.5) is 0 Å². The molecule has 1 unspecified atom stereocenters. The minimum Gasteiger partial charge on any atom is -0.416 e. The first-order chi connectivity index (χ1) is 8.72. The van der Waals surface area contributed by atoms with E-state index in [-0.39, 0.29) is 17.1 Å². The van der Waals surface area contributed by atoms with Gasteiger partial charge >= 0.3 is 0 Å². The Morgan fingerprint density at radius 3 is 2.63 bits per heavy atom. The lowest BCUT2D eigenvalue weighted by Gasteiger charge is -2.38. The first kappa shape index (κ1) is 15.5. The number of hydrogen-bond acceptors (Lipinski definition) is 3. The number of aliphatic hydroxyl groups is 1. The molecular formula is C15H30O3Si. The van der Waals surface area contributed by atoms with E-state index in [1.165, 1.54) is 0 Å². The predicted octanol–water partition coefficient (Wildman–Crippen LogP) is 3.04. The summed E-state index contributed by atoms with van der Waals surface area (Å²) in [5, 5.41) is 10.5. The summed E-state index contributed by atoms with van der Waals surface area (Å²) in [6.07, 6.45) is 1.86. The smallest absolute Gasteiger partial charge is 0.191 e. The summed E-state index contributed by atoms with van der Waals surface area (Å²) in [5.41, 5.74) is 0. The van der Waals surface area contributed by atoms with Gasteiger partial charge in [-0.15, -0.1) is 0 Å². The van der Waals surface area contributed by atoms with Crippen LogP contribution in [0.5, 0.6) is 0 Å². The van der Waals surface area contributed by atoms with Crippen LogP contribution in [-0.4, -0.2) is 39.3 Å². The van der Waals surface area contributed by atoms with Crippen molar-refractivity contribution in [2.75, 3.05) is 19.8 Å². The second-order valence-corrected chi connectivity index (χ2v) is 12.6. The zero-order valence-electron chi connectivity index (χ0n) is 13.1. The third-order valence-corrected chi connectivity index (χ3v) is 10.1. The van der Waals surface area contributed by atoms with E-state index in [1.807, 2.05) is 0 Å². The Hall–Kier alpha value is 0.0969. The molecule has 3 nitrogen and oxygen atoms in total. The van der Waals surface area contributed by atoms with Crippen LogP contribution in [0.2, 0.25) is 18.1 Å². The van der Waals surface area contributed by atoms with Crippen molar-refractivity contribution in [1.29, 1.82) is 0 Å². The van der Waals surface area contributed by atoms with Gasteiger partial charge in [0.15, 0.2) is 8.32 Å². The third kappa shape index (κ3) is 3.23. The lowest BCUT2D eigenvalue weighted by Crippen LogP contribution is -2.43. The maximum Gasteiger partial charge on any atom is 0.191 e. The average Bonchev–Trinajstić information content (AvgIpc) is 2.60. The Labute approximate surface area is 118 Å². The lowest BCUT2D eigenvalue weighted by molar-refractivity contribution is -0.00363. The van der Waals surface area contributed by atoms with Crippen molar-refractivity contribution < 1.29 is 14.3 Å². The van der Waals surface area contributed by atoms with E-state index in [9.17, 15) is 5.11 Å². The zero-order valence-corrected chi connectivity index (χ0v) is 14.1. The Morgan fingerprint density at radius 2 is 2.00 bits per heavy atom. The summed E-state index contributed by atoms with van der Waals surface area (Å²) in [7, 11) is -1.71. The largest absolute Gasteiger partial charge is 0.416 e. The molecule has 0 spiro atoms. The summed E-state index contributed by atoms with van der Waals surface area (Å²) in [4.78, 5) is 0. The highest BCUT2D eigenvalue weighted by atomic mass is 28.4. The van der Waals surface area contributed by atoms with Gasteiger partial charge in [0.1, 0.15) is 0 Å². The first-order valence-electron chi connectivity index (χ1n) is 7.62. The van der Waals surface area contributed by atoms with Gasteiger partial charge in [-0.25, -0.2) is 0 Å². The molecule has 1 N–H and O–H groups in total. The molecule has 0 amide bonds. The summed E-state index contributed by atoms with van der Waals surface area (Å²) < 4.78 is 11.9. The maximum absolute atomic E-state index is 10.3. The lowest BCUT2D eigenvalue weighted by atomic mass is 9.87. The monoisotopic (exact) mass is 286 g/mol. The molecule has 4 atom stereocenters. The molecule has 1 saturated heterocycles. The Balaban J connectivity index is 1.95. The fourth-order valence-electron chi connectivity index (χ4n) is 3.10. The summed E-state index contributed by atoms with van der Waals surface area (Å²) in [6.45, 7) is 13.7. The molecule has 1 aliphatic carbocycles. The van der Waals surface area contributed by atoms with Gasteiger partial charge in [-0.1, -0.05) is 20.8 Å². The molecule has 19 heavy (non-hydrogen) atoms. The van der Waals surface area contributed by atoms with Crippen LogP contribution in [0.1, 0.15) is 33.6 Å². The third-order valence-electron chi connectivity index (χ3n) is 5.58. The van der Waals surface area contributed by atoms with E-state index < -0.39 is 8.32 Å². The van der Waals surface area contributed by atoms with Crippen LogP contribution < -0.4 is 0 Å². The molecule has 0 bridgehead atoms. The van der Waals surface area contributed by atoms with Crippen LogP contribution in [0.3, 0.4) is 0 Å². The van der Waals surface area contributed by atoms with Gasteiger partial charge in [0.05, 0.1) is 12.7 Å². The Bertz CT molecular complexity index is 311. The standard InChI is InChI=1S/C15H30O3Si/c1-15(2,3)19(4,5)18-10-13-12-9-17-7-6-11(12)8-14(13)16/h11-14,16H,6-10H2,1-5H3/t11-,12-,13+,14?/m1/s1. The summed E-state index contributed by atoms with van der Waals surface area (Å²) in [5.74, 6) is 1.43.